The van der Waals surface area contributed by atoms with Crippen LogP contribution in [0, 0.1) is 0 Å². The highest BCUT2D eigenvalue weighted by Gasteiger charge is 2.07. The van der Waals surface area contributed by atoms with Crippen LogP contribution in [0.4, 0.5) is 0 Å². The Morgan fingerprint density at radius 1 is 1.29 bits per heavy atom. The molecule has 0 heterocycles. The zero-order valence-electron chi connectivity index (χ0n) is 11.1. The van der Waals surface area contributed by atoms with Crippen molar-refractivity contribution in [2.75, 3.05) is 7.11 Å². The van der Waals surface area contributed by atoms with Crippen molar-refractivity contribution in [1.29, 1.82) is 0 Å². The molecule has 0 aliphatic rings. The Balaban J connectivity index is 2.23. The number of allylic oxidation sites excluding steroid dienone is 1. The first-order valence-electron chi connectivity index (χ1n) is 6.05. The van der Waals surface area contributed by atoms with Gasteiger partial charge >= 0.3 is 0 Å². The second-order valence-electron chi connectivity index (χ2n) is 4.26. The zero-order valence-corrected chi connectivity index (χ0v) is 13.5. The number of carbonyl (C=O) groups excluding carboxylic acids is 1. The van der Waals surface area contributed by atoms with Gasteiger partial charge in [-0.25, -0.2) is 0 Å². The third-order valence-electron chi connectivity index (χ3n) is 2.83. The fourth-order valence-corrected chi connectivity index (χ4v) is 2.31. The summed E-state index contributed by atoms with van der Waals surface area (Å²) >= 11 is 9.02. The minimum atomic E-state index is -0.130. The smallest absolute Gasteiger partial charge is 0.185 e. The van der Waals surface area contributed by atoms with Crippen molar-refractivity contribution in [3.63, 3.8) is 0 Å². The Morgan fingerprint density at radius 2 is 1.95 bits per heavy atom. The number of benzene rings is 2. The molecule has 2 aromatic carbocycles. The number of methoxy groups -OCH3 is 1. The summed E-state index contributed by atoms with van der Waals surface area (Å²) in [5.74, 6) is 0.233. The molecule has 1 N–H and O–H groups in total. The summed E-state index contributed by atoms with van der Waals surface area (Å²) in [5.41, 5.74) is 1.29. The number of ether oxygens (including phenoxy) is 1. The van der Waals surface area contributed by atoms with Crippen LogP contribution in [-0.4, -0.2) is 18.0 Å². The summed E-state index contributed by atoms with van der Waals surface area (Å²) < 4.78 is 5.56. The van der Waals surface area contributed by atoms with Crippen molar-refractivity contribution in [1.82, 2.24) is 0 Å². The predicted molar refractivity (Wildman–Crippen MR) is 87.2 cm³/mol. The number of aromatic hydroxyl groups is 1. The first-order valence-corrected chi connectivity index (χ1v) is 7.23. The lowest BCUT2D eigenvalue weighted by Crippen LogP contribution is -1.93. The van der Waals surface area contributed by atoms with Crippen LogP contribution in [0.2, 0.25) is 5.02 Å². The normalized spacial score (nSPS) is 10.8. The van der Waals surface area contributed by atoms with Crippen LogP contribution in [0.3, 0.4) is 0 Å². The second-order valence-corrected chi connectivity index (χ2v) is 5.55. The van der Waals surface area contributed by atoms with Crippen LogP contribution in [0.1, 0.15) is 15.9 Å². The minimum absolute atomic E-state index is 0.0266. The van der Waals surface area contributed by atoms with Gasteiger partial charge < -0.3 is 9.84 Å². The fraction of sp³-hybridized carbons (Fsp3) is 0.0625. The molecule has 0 unspecified atom stereocenters. The zero-order chi connectivity index (χ0) is 15.4. The van der Waals surface area contributed by atoms with E-state index in [1.54, 1.807) is 42.5 Å². The highest BCUT2D eigenvalue weighted by molar-refractivity contribution is 9.10. The SMILES string of the molecule is COc1cc(C=CC(=O)c2ccc(Cl)cc2)cc(Br)c1O. The third kappa shape index (κ3) is 3.86. The van der Waals surface area contributed by atoms with Crippen LogP contribution in [0.5, 0.6) is 11.5 Å². The van der Waals surface area contributed by atoms with E-state index in [9.17, 15) is 9.90 Å². The van der Waals surface area contributed by atoms with Gasteiger partial charge in [-0.2, -0.15) is 0 Å². The first-order chi connectivity index (χ1) is 10.0. The van der Waals surface area contributed by atoms with Crippen molar-refractivity contribution in [3.8, 4) is 11.5 Å². The van der Waals surface area contributed by atoms with E-state index in [-0.39, 0.29) is 11.5 Å². The van der Waals surface area contributed by atoms with E-state index in [1.807, 2.05) is 0 Å². The molecular weight excluding hydrogens is 356 g/mol. The summed E-state index contributed by atoms with van der Waals surface area (Å²) in [6, 6.07) is 10.0. The summed E-state index contributed by atoms with van der Waals surface area (Å²) in [6.07, 6.45) is 3.12. The molecule has 0 aliphatic heterocycles. The average Bonchev–Trinajstić information content (AvgIpc) is 2.48. The predicted octanol–water partition coefficient (Wildman–Crippen LogP) is 4.71. The number of halogens is 2. The van der Waals surface area contributed by atoms with Gasteiger partial charge in [0.25, 0.3) is 0 Å². The molecule has 0 aromatic heterocycles. The maximum atomic E-state index is 12.0. The van der Waals surface area contributed by atoms with Gasteiger partial charge in [-0.3, -0.25) is 4.79 Å². The lowest BCUT2D eigenvalue weighted by atomic mass is 10.1. The molecule has 21 heavy (non-hydrogen) atoms. The number of ketones is 1. The Hall–Kier alpha value is -1.78. The third-order valence-corrected chi connectivity index (χ3v) is 3.68. The van der Waals surface area contributed by atoms with Crippen LogP contribution < -0.4 is 4.74 Å². The molecule has 0 saturated carbocycles. The fourth-order valence-electron chi connectivity index (χ4n) is 1.73. The van der Waals surface area contributed by atoms with Crippen molar-refractivity contribution in [2.45, 2.75) is 0 Å². The molecule has 0 radical (unpaired) electrons. The van der Waals surface area contributed by atoms with Gasteiger partial charge in [0.1, 0.15) is 0 Å². The van der Waals surface area contributed by atoms with Crippen molar-refractivity contribution in [2.24, 2.45) is 0 Å². The number of carbonyl (C=O) groups is 1. The lowest BCUT2D eigenvalue weighted by Gasteiger charge is -2.06. The topological polar surface area (TPSA) is 46.5 Å². The van der Waals surface area contributed by atoms with Gasteiger partial charge in [0, 0.05) is 10.6 Å². The van der Waals surface area contributed by atoms with Gasteiger partial charge in [0.2, 0.25) is 0 Å². The lowest BCUT2D eigenvalue weighted by molar-refractivity contribution is 0.104. The summed E-state index contributed by atoms with van der Waals surface area (Å²) in [5, 5.41) is 10.3. The molecule has 2 aromatic rings. The molecule has 0 fully saturated rings. The number of hydrogen-bond donors (Lipinski definition) is 1. The van der Waals surface area contributed by atoms with Crippen LogP contribution >= 0.6 is 27.5 Å². The highest BCUT2D eigenvalue weighted by Crippen LogP contribution is 2.35. The quantitative estimate of drug-likeness (QED) is 0.628. The van der Waals surface area contributed by atoms with E-state index < -0.39 is 0 Å². The molecule has 0 atom stereocenters. The van der Waals surface area contributed by atoms with E-state index >= 15 is 0 Å². The monoisotopic (exact) mass is 366 g/mol. The Morgan fingerprint density at radius 3 is 2.57 bits per heavy atom. The molecule has 0 saturated heterocycles. The van der Waals surface area contributed by atoms with E-state index in [0.717, 1.165) is 5.56 Å². The number of phenols is 1. The van der Waals surface area contributed by atoms with Gasteiger partial charge in [-0.05, 0) is 64.0 Å². The number of phenolic OH excluding ortho intramolecular Hbond substituents is 1. The molecule has 2 rings (SSSR count). The Labute approximate surface area is 135 Å². The molecule has 108 valence electrons. The summed E-state index contributed by atoms with van der Waals surface area (Å²) in [4.78, 5) is 12.0. The van der Waals surface area contributed by atoms with Crippen molar-refractivity contribution < 1.29 is 14.6 Å². The molecule has 5 heteroatoms. The average molecular weight is 368 g/mol. The first kappa shape index (κ1) is 15.6. The molecule has 0 bridgehead atoms. The van der Waals surface area contributed by atoms with Crippen LogP contribution in [0.15, 0.2) is 46.9 Å². The van der Waals surface area contributed by atoms with Gasteiger partial charge in [-0.1, -0.05) is 17.7 Å². The van der Waals surface area contributed by atoms with Gasteiger partial charge in [0.15, 0.2) is 17.3 Å². The summed E-state index contributed by atoms with van der Waals surface area (Å²) in [7, 11) is 1.47. The number of hydrogen-bond acceptors (Lipinski definition) is 3. The summed E-state index contributed by atoms with van der Waals surface area (Å²) in [6.45, 7) is 0. The number of rotatable bonds is 4. The van der Waals surface area contributed by atoms with E-state index in [0.29, 0.717) is 20.8 Å². The van der Waals surface area contributed by atoms with E-state index in [2.05, 4.69) is 15.9 Å². The van der Waals surface area contributed by atoms with Gasteiger partial charge in [-0.15, -0.1) is 0 Å². The van der Waals surface area contributed by atoms with Crippen LogP contribution in [-0.2, 0) is 0 Å². The molecule has 0 aliphatic carbocycles. The molecular formula is C16H12BrClO3. The maximum Gasteiger partial charge on any atom is 0.185 e. The van der Waals surface area contributed by atoms with Crippen molar-refractivity contribution >= 4 is 39.4 Å². The molecule has 3 nitrogen and oxygen atoms in total. The standard InChI is InChI=1S/C16H12BrClO3/c1-21-15-9-10(8-13(17)16(15)20)2-7-14(19)11-3-5-12(18)6-4-11/h2-9,20H,1H3. The van der Waals surface area contributed by atoms with E-state index in [1.165, 1.54) is 13.2 Å². The second kappa shape index (κ2) is 6.78. The maximum absolute atomic E-state index is 12.0. The largest absolute Gasteiger partial charge is 0.503 e. The van der Waals surface area contributed by atoms with Crippen LogP contribution in [0.25, 0.3) is 6.08 Å². The highest BCUT2D eigenvalue weighted by atomic mass is 79.9. The Kier molecular flexibility index (Phi) is 5.04. The van der Waals surface area contributed by atoms with Gasteiger partial charge in [0.05, 0.1) is 11.6 Å². The van der Waals surface area contributed by atoms with E-state index in [4.69, 9.17) is 16.3 Å². The Bertz CT molecular complexity index is 693. The minimum Gasteiger partial charge on any atom is -0.503 e. The molecule has 0 spiro atoms. The van der Waals surface area contributed by atoms with Crippen molar-refractivity contribution in [3.05, 3.63) is 63.1 Å². The molecule has 0 amide bonds.